The molecule has 1 saturated heterocycles. The van der Waals surface area contributed by atoms with E-state index in [0.717, 1.165) is 18.4 Å². The van der Waals surface area contributed by atoms with Gasteiger partial charge in [0.1, 0.15) is 0 Å². The first kappa shape index (κ1) is 11.0. The van der Waals surface area contributed by atoms with Crippen molar-refractivity contribution in [1.29, 1.82) is 0 Å². The maximum Gasteiger partial charge on any atom is 0.0549 e. The zero-order chi connectivity index (χ0) is 9.68. The molecule has 78 valence electrons. The van der Waals surface area contributed by atoms with Crippen molar-refractivity contribution in [3.63, 3.8) is 0 Å². The Morgan fingerprint density at radius 3 is 2.46 bits per heavy atom. The van der Waals surface area contributed by atoms with Gasteiger partial charge in [0.2, 0.25) is 0 Å². The van der Waals surface area contributed by atoms with E-state index in [9.17, 15) is 0 Å². The predicted octanol–water partition coefficient (Wildman–Crippen LogP) is 2.05. The Balaban J connectivity index is 1.91. The SMILES string of the molecule is CC(C)CC(C)OCCC1CNC1. The van der Waals surface area contributed by atoms with E-state index >= 15 is 0 Å². The number of hydrogen-bond acceptors (Lipinski definition) is 2. The second-order valence-corrected chi connectivity index (χ2v) is 4.62. The molecule has 1 N–H and O–H groups in total. The van der Waals surface area contributed by atoms with Crippen LogP contribution in [0, 0.1) is 11.8 Å². The minimum Gasteiger partial charge on any atom is -0.378 e. The normalized spacial score (nSPS) is 20.3. The van der Waals surface area contributed by atoms with Crippen LogP contribution >= 0.6 is 0 Å². The average Bonchev–Trinajstić information content (AvgIpc) is 1.92. The zero-order valence-electron chi connectivity index (χ0n) is 9.18. The van der Waals surface area contributed by atoms with Crippen LogP contribution in [0.3, 0.4) is 0 Å². The zero-order valence-corrected chi connectivity index (χ0v) is 9.18. The monoisotopic (exact) mass is 185 g/mol. The van der Waals surface area contributed by atoms with Gasteiger partial charge in [-0.2, -0.15) is 0 Å². The van der Waals surface area contributed by atoms with Crippen molar-refractivity contribution in [1.82, 2.24) is 5.32 Å². The highest BCUT2D eigenvalue weighted by Crippen LogP contribution is 2.11. The number of rotatable bonds is 6. The van der Waals surface area contributed by atoms with Gasteiger partial charge in [0.05, 0.1) is 6.10 Å². The second-order valence-electron chi connectivity index (χ2n) is 4.62. The Labute approximate surface area is 82.0 Å². The standard InChI is InChI=1S/C11H23NO/c1-9(2)6-10(3)13-5-4-11-7-12-8-11/h9-12H,4-8H2,1-3H3. The Morgan fingerprint density at radius 2 is 2.00 bits per heavy atom. The molecular formula is C11H23NO. The summed E-state index contributed by atoms with van der Waals surface area (Å²) >= 11 is 0. The number of ether oxygens (including phenoxy) is 1. The molecule has 1 heterocycles. The predicted molar refractivity (Wildman–Crippen MR) is 55.8 cm³/mol. The van der Waals surface area contributed by atoms with Crippen LogP contribution in [0.2, 0.25) is 0 Å². The molecule has 0 amide bonds. The van der Waals surface area contributed by atoms with Crippen LogP contribution < -0.4 is 5.32 Å². The van der Waals surface area contributed by atoms with Crippen LogP contribution in [-0.2, 0) is 4.74 Å². The summed E-state index contributed by atoms with van der Waals surface area (Å²) in [5, 5.41) is 3.28. The van der Waals surface area contributed by atoms with E-state index in [1.54, 1.807) is 0 Å². The van der Waals surface area contributed by atoms with Gasteiger partial charge in [0, 0.05) is 6.61 Å². The van der Waals surface area contributed by atoms with Crippen LogP contribution in [0.25, 0.3) is 0 Å². The van der Waals surface area contributed by atoms with E-state index in [1.165, 1.54) is 25.9 Å². The number of hydrogen-bond donors (Lipinski definition) is 1. The van der Waals surface area contributed by atoms with Crippen LogP contribution in [0.1, 0.15) is 33.6 Å². The van der Waals surface area contributed by atoms with Crippen molar-refractivity contribution in [2.75, 3.05) is 19.7 Å². The summed E-state index contributed by atoms with van der Waals surface area (Å²) < 4.78 is 5.73. The Bertz CT molecular complexity index is 132. The Morgan fingerprint density at radius 1 is 1.31 bits per heavy atom. The van der Waals surface area contributed by atoms with Crippen LogP contribution in [-0.4, -0.2) is 25.8 Å². The molecule has 1 unspecified atom stereocenters. The summed E-state index contributed by atoms with van der Waals surface area (Å²) in [6, 6.07) is 0. The van der Waals surface area contributed by atoms with Gasteiger partial charge < -0.3 is 10.1 Å². The van der Waals surface area contributed by atoms with E-state index in [2.05, 4.69) is 26.1 Å². The second kappa shape index (κ2) is 5.61. The molecule has 1 fully saturated rings. The van der Waals surface area contributed by atoms with Crippen LogP contribution in [0.5, 0.6) is 0 Å². The van der Waals surface area contributed by atoms with E-state index < -0.39 is 0 Å². The van der Waals surface area contributed by atoms with Gasteiger partial charge in [-0.05, 0) is 44.7 Å². The molecule has 0 aromatic heterocycles. The fourth-order valence-corrected chi connectivity index (χ4v) is 1.72. The Hall–Kier alpha value is -0.0800. The molecule has 0 spiro atoms. The molecule has 13 heavy (non-hydrogen) atoms. The smallest absolute Gasteiger partial charge is 0.0549 e. The molecule has 1 atom stereocenters. The van der Waals surface area contributed by atoms with E-state index in [-0.39, 0.29) is 0 Å². The summed E-state index contributed by atoms with van der Waals surface area (Å²) in [6.45, 7) is 10.0. The van der Waals surface area contributed by atoms with Crippen molar-refractivity contribution < 1.29 is 4.74 Å². The third-order valence-corrected chi connectivity index (χ3v) is 2.60. The minimum absolute atomic E-state index is 0.438. The third-order valence-electron chi connectivity index (χ3n) is 2.60. The lowest BCUT2D eigenvalue weighted by atomic mass is 10.00. The fourth-order valence-electron chi connectivity index (χ4n) is 1.72. The first-order valence-corrected chi connectivity index (χ1v) is 5.50. The van der Waals surface area contributed by atoms with E-state index in [4.69, 9.17) is 4.74 Å². The summed E-state index contributed by atoms with van der Waals surface area (Å²) in [6.07, 6.45) is 2.85. The minimum atomic E-state index is 0.438. The van der Waals surface area contributed by atoms with Gasteiger partial charge in [0.15, 0.2) is 0 Å². The lowest BCUT2D eigenvalue weighted by Crippen LogP contribution is -2.42. The number of nitrogens with one attached hydrogen (secondary N) is 1. The molecule has 2 nitrogen and oxygen atoms in total. The van der Waals surface area contributed by atoms with Gasteiger partial charge >= 0.3 is 0 Å². The maximum atomic E-state index is 5.73. The molecule has 0 saturated carbocycles. The van der Waals surface area contributed by atoms with E-state index in [0.29, 0.717) is 6.10 Å². The maximum absolute atomic E-state index is 5.73. The molecule has 0 bridgehead atoms. The highest BCUT2D eigenvalue weighted by molar-refractivity contribution is 4.74. The summed E-state index contributed by atoms with van der Waals surface area (Å²) in [5.41, 5.74) is 0. The van der Waals surface area contributed by atoms with Crippen molar-refractivity contribution in [2.24, 2.45) is 11.8 Å². The van der Waals surface area contributed by atoms with Crippen LogP contribution in [0.15, 0.2) is 0 Å². The molecule has 1 aliphatic rings. The summed E-state index contributed by atoms with van der Waals surface area (Å²) in [5.74, 6) is 1.63. The van der Waals surface area contributed by atoms with Crippen molar-refractivity contribution >= 4 is 0 Å². The van der Waals surface area contributed by atoms with Gasteiger partial charge in [-0.3, -0.25) is 0 Å². The molecular weight excluding hydrogens is 162 g/mol. The van der Waals surface area contributed by atoms with Crippen LogP contribution in [0.4, 0.5) is 0 Å². The highest BCUT2D eigenvalue weighted by atomic mass is 16.5. The van der Waals surface area contributed by atoms with Crippen molar-refractivity contribution in [3.8, 4) is 0 Å². The van der Waals surface area contributed by atoms with Gasteiger partial charge in [-0.15, -0.1) is 0 Å². The van der Waals surface area contributed by atoms with Crippen molar-refractivity contribution in [2.45, 2.75) is 39.7 Å². The largest absolute Gasteiger partial charge is 0.378 e. The third kappa shape index (κ3) is 4.63. The highest BCUT2D eigenvalue weighted by Gasteiger charge is 2.16. The molecule has 0 aromatic carbocycles. The van der Waals surface area contributed by atoms with Gasteiger partial charge in [-0.25, -0.2) is 0 Å². The molecule has 0 aliphatic carbocycles. The first-order chi connectivity index (χ1) is 6.18. The lowest BCUT2D eigenvalue weighted by Gasteiger charge is -2.27. The summed E-state index contributed by atoms with van der Waals surface area (Å²) in [7, 11) is 0. The molecule has 0 radical (unpaired) electrons. The average molecular weight is 185 g/mol. The lowest BCUT2D eigenvalue weighted by molar-refractivity contribution is 0.0395. The van der Waals surface area contributed by atoms with Gasteiger partial charge in [0.25, 0.3) is 0 Å². The molecule has 1 aliphatic heterocycles. The molecule has 0 aromatic rings. The Kier molecular flexibility index (Phi) is 4.74. The molecule has 1 rings (SSSR count). The first-order valence-electron chi connectivity index (χ1n) is 5.50. The van der Waals surface area contributed by atoms with Crippen molar-refractivity contribution in [3.05, 3.63) is 0 Å². The van der Waals surface area contributed by atoms with E-state index in [1.807, 2.05) is 0 Å². The fraction of sp³-hybridized carbons (Fsp3) is 1.00. The topological polar surface area (TPSA) is 21.3 Å². The molecule has 2 heteroatoms. The van der Waals surface area contributed by atoms with Gasteiger partial charge in [-0.1, -0.05) is 13.8 Å². The quantitative estimate of drug-likeness (QED) is 0.684. The summed E-state index contributed by atoms with van der Waals surface area (Å²) in [4.78, 5) is 0.